The molecule has 0 heterocycles. The lowest BCUT2D eigenvalue weighted by Crippen LogP contribution is -2.30. The van der Waals surface area contributed by atoms with Gasteiger partial charge in [-0.05, 0) is 44.9 Å². The van der Waals surface area contributed by atoms with E-state index in [1.165, 1.54) is 173 Å². The van der Waals surface area contributed by atoms with Crippen LogP contribution in [0.4, 0.5) is 0 Å². The van der Waals surface area contributed by atoms with Gasteiger partial charge >= 0.3 is 17.9 Å². The van der Waals surface area contributed by atoms with Crippen LogP contribution in [0.15, 0.2) is 12.2 Å². The van der Waals surface area contributed by atoms with Crippen LogP contribution in [-0.4, -0.2) is 37.2 Å². The summed E-state index contributed by atoms with van der Waals surface area (Å²) in [5.41, 5.74) is 0. The number of allylic oxidation sites excluding steroid dienone is 2. The molecule has 1 atom stereocenters. The summed E-state index contributed by atoms with van der Waals surface area (Å²) in [6.07, 6.45) is 50.7. The number of hydrogen-bond donors (Lipinski definition) is 0. The first-order valence-electron chi connectivity index (χ1n) is 25.2. The Kier molecular flexibility index (Phi) is 45.3. The van der Waals surface area contributed by atoms with Gasteiger partial charge in [-0.2, -0.15) is 0 Å². The normalized spacial score (nSPS) is 12.0. The number of esters is 3. The van der Waals surface area contributed by atoms with E-state index in [0.29, 0.717) is 19.3 Å². The predicted molar refractivity (Wildman–Crippen MR) is 243 cm³/mol. The Hall–Kier alpha value is -1.85. The highest BCUT2D eigenvalue weighted by molar-refractivity contribution is 5.71. The summed E-state index contributed by atoms with van der Waals surface area (Å²) in [5.74, 6) is -0.871. The Morgan fingerprint density at radius 3 is 0.895 bits per heavy atom. The minimum absolute atomic E-state index is 0.0689. The molecule has 0 bridgehead atoms. The zero-order valence-electron chi connectivity index (χ0n) is 38.4. The van der Waals surface area contributed by atoms with Gasteiger partial charge in [0.15, 0.2) is 6.10 Å². The van der Waals surface area contributed by atoms with E-state index in [4.69, 9.17) is 14.2 Å². The fraction of sp³-hybridized carbons (Fsp3) is 0.902. The fourth-order valence-corrected chi connectivity index (χ4v) is 7.44. The molecule has 0 aliphatic carbocycles. The van der Waals surface area contributed by atoms with Crippen molar-refractivity contribution in [2.75, 3.05) is 13.2 Å². The van der Waals surface area contributed by atoms with Crippen LogP contribution in [0.3, 0.4) is 0 Å². The van der Waals surface area contributed by atoms with Crippen LogP contribution >= 0.6 is 0 Å². The quantitative estimate of drug-likeness (QED) is 0.0264. The van der Waals surface area contributed by atoms with Gasteiger partial charge in [0.05, 0.1) is 0 Å². The van der Waals surface area contributed by atoms with Crippen molar-refractivity contribution in [3.63, 3.8) is 0 Å². The number of unbranched alkanes of at least 4 members (excludes halogenated alkanes) is 33. The number of rotatable bonds is 46. The van der Waals surface area contributed by atoms with Gasteiger partial charge in [0, 0.05) is 19.3 Å². The van der Waals surface area contributed by atoms with Crippen LogP contribution in [0.1, 0.15) is 278 Å². The molecular formula is C51H96O6. The number of hydrogen-bond acceptors (Lipinski definition) is 6. The molecule has 57 heavy (non-hydrogen) atoms. The van der Waals surface area contributed by atoms with Gasteiger partial charge in [-0.15, -0.1) is 0 Å². The van der Waals surface area contributed by atoms with Crippen molar-refractivity contribution in [1.82, 2.24) is 0 Å². The van der Waals surface area contributed by atoms with Crippen LogP contribution in [0.2, 0.25) is 0 Å². The Labute approximate surface area is 354 Å². The average Bonchev–Trinajstić information content (AvgIpc) is 3.21. The summed E-state index contributed by atoms with van der Waals surface area (Å²) in [6.45, 7) is 6.60. The van der Waals surface area contributed by atoms with Crippen molar-refractivity contribution in [3.8, 4) is 0 Å². The van der Waals surface area contributed by atoms with Gasteiger partial charge in [-0.1, -0.05) is 226 Å². The van der Waals surface area contributed by atoms with E-state index in [2.05, 4.69) is 32.9 Å². The van der Waals surface area contributed by atoms with Crippen molar-refractivity contribution < 1.29 is 28.6 Å². The van der Waals surface area contributed by atoms with Crippen LogP contribution < -0.4 is 0 Å². The van der Waals surface area contributed by atoms with Gasteiger partial charge in [0.25, 0.3) is 0 Å². The molecule has 0 N–H and O–H groups in total. The highest BCUT2D eigenvalue weighted by Gasteiger charge is 2.19. The molecular weight excluding hydrogens is 709 g/mol. The molecule has 336 valence electrons. The standard InChI is InChI=1S/C51H96O6/c1-4-7-10-13-16-18-20-22-23-24-25-26-27-29-30-32-35-38-41-44-50(53)56-47-48(46-55-49(52)43-40-37-34-15-12-9-6-3)57-51(54)45-42-39-36-33-31-28-21-19-17-14-11-8-5-2/h19,21,48H,4-18,20,22-47H2,1-3H3/b21-19-. The lowest BCUT2D eigenvalue weighted by Gasteiger charge is -2.18. The zero-order valence-corrected chi connectivity index (χ0v) is 38.4. The number of ether oxygens (including phenoxy) is 3. The highest BCUT2D eigenvalue weighted by Crippen LogP contribution is 2.16. The van der Waals surface area contributed by atoms with E-state index in [1.807, 2.05) is 0 Å². The van der Waals surface area contributed by atoms with Gasteiger partial charge < -0.3 is 14.2 Å². The summed E-state index contributed by atoms with van der Waals surface area (Å²) >= 11 is 0. The number of carbonyl (C=O) groups is 3. The molecule has 6 heteroatoms. The maximum absolute atomic E-state index is 12.7. The molecule has 1 unspecified atom stereocenters. The van der Waals surface area contributed by atoms with Gasteiger partial charge in [-0.3, -0.25) is 14.4 Å². The Bertz CT molecular complexity index is 885. The minimum atomic E-state index is -0.765. The molecule has 0 radical (unpaired) electrons. The maximum Gasteiger partial charge on any atom is 0.306 e. The van der Waals surface area contributed by atoms with Crippen molar-refractivity contribution in [3.05, 3.63) is 12.2 Å². The van der Waals surface area contributed by atoms with Gasteiger partial charge in [0.1, 0.15) is 13.2 Å². The molecule has 6 nitrogen and oxygen atoms in total. The molecule has 0 amide bonds. The van der Waals surface area contributed by atoms with E-state index in [0.717, 1.165) is 64.2 Å². The first kappa shape index (κ1) is 55.2. The second kappa shape index (κ2) is 46.8. The van der Waals surface area contributed by atoms with E-state index in [1.54, 1.807) is 0 Å². The minimum Gasteiger partial charge on any atom is -0.462 e. The van der Waals surface area contributed by atoms with Crippen molar-refractivity contribution >= 4 is 17.9 Å². The number of carbonyl (C=O) groups excluding carboxylic acids is 3. The second-order valence-corrected chi connectivity index (χ2v) is 17.1. The second-order valence-electron chi connectivity index (χ2n) is 17.1. The van der Waals surface area contributed by atoms with E-state index >= 15 is 0 Å². The molecule has 0 aliphatic rings. The summed E-state index contributed by atoms with van der Waals surface area (Å²) < 4.78 is 16.7. The Morgan fingerprint density at radius 1 is 0.333 bits per heavy atom. The molecule has 0 spiro atoms. The summed E-state index contributed by atoms with van der Waals surface area (Å²) in [4.78, 5) is 37.7. The Morgan fingerprint density at radius 2 is 0.579 bits per heavy atom. The van der Waals surface area contributed by atoms with Crippen molar-refractivity contribution in [1.29, 1.82) is 0 Å². The van der Waals surface area contributed by atoms with Crippen molar-refractivity contribution in [2.24, 2.45) is 0 Å². The molecule has 0 aromatic heterocycles. The molecule has 0 aromatic carbocycles. The predicted octanol–water partition coefficient (Wildman–Crippen LogP) is 16.2. The summed E-state index contributed by atoms with van der Waals surface area (Å²) in [5, 5.41) is 0. The zero-order chi connectivity index (χ0) is 41.5. The van der Waals surface area contributed by atoms with Crippen LogP contribution in [-0.2, 0) is 28.6 Å². The SMILES string of the molecule is CCCCCC/C=C\CCCCCCCC(=O)OC(COC(=O)CCCCCCCCC)COC(=O)CCCCCCCCCCCCCCCCCCCCC. The fourth-order valence-electron chi connectivity index (χ4n) is 7.44. The molecule has 0 fully saturated rings. The summed E-state index contributed by atoms with van der Waals surface area (Å²) in [6, 6.07) is 0. The smallest absolute Gasteiger partial charge is 0.306 e. The molecule has 0 saturated carbocycles. The van der Waals surface area contributed by atoms with Crippen LogP contribution in [0, 0.1) is 0 Å². The third-order valence-electron chi connectivity index (χ3n) is 11.3. The third-order valence-corrected chi connectivity index (χ3v) is 11.3. The topological polar surface area (TPSA) is 78.9 Å². The average molecular weight is 805 g/mol. The lowest BCUT2D eigenvalue weighted by atomic mass is 10.0. The molecule has 0 saturated heterocycles. The summed E-state index contributed by atoms with van der Waals surface area (Å²) in [7, 11) is 0. The first-order valence-corrected chi connectivity index (χ1v) is 25.2. The first-order chi connectivity index (χ1) is 28.0. The molecule has 0 rings (SSSR count). The maximum atomic E-state index is 12.7. The van der Waals surface area contributed by atoms with Crippen LogP contribution in [0.25, 0.3) is 0 Å². The van der Waals surface area contributed by atoms with E-state index in [9.17, 15) is 14.4 Å². The monoisotopic (exact) mass is 805 g/mol. The van der Waals surface area contributed by atoms with Gasteiger partial charge in [-0.25, -0.2) is 0 Å². The van der Waals surface area contributed by atoms with Gasteiger partial charge in [0.2, 0.25) is 0 Å². The van der Waals surface area contributed by atoms with Crippen molar-refractivity contribution in [2.45, 2.75) is 284 Å². The van der Waals surface area contributed by atoms with E-state index in [-0.39, 0.29) is 31.1 Å². The third kappa shape index (κ3) is 45.1. The molecule has 0 aliphatic heterocycles. The molecule has 0 aromatic rings. The highest BCUT2D eigenvalue weighted by atomic mass is 16.6. The lowest BCUT2D eigenvalue weighted by molar-refractivity contribution is -0.167. The Balaban J connectivity index is 4.19. The van der Waals surface area contributed by atoms with E-state index < -0.39 is 6.10 Å². The largest absolute Gasteiger partial charge is 0.462 e. The van der Waals surface area contributed by atoms with Crippen LogP contribution in [0.5, 0.6) is 0 Å².